The maximum Gasteiger partial charge on any atom is 0.0505 e. The fraction of sp³-hybridized carbons (Fsp3) is 1.00. The van der Waals surface area contributed by atoms with Crippen LogP contribution in [0.25, 0.3) is 0 Å². The molecule has 0 heterocycles. The van der Waals surface area contributed by atoms with E-state index in [1.54, 1.807) is 0 Å². The molecule has 0 N–H and O–H groups in total. The van der Waals surface area contributed by atoms with Crippen molar-refractivity contribution in [1.29, 1.82) is 0 Å². The minimum atomic E-state index is 0.755. The molecule has 0 fully saturated rings. The second-order valence-corrected chi connectivity index (χ2v) is 4.94. The van der Waals surface area contributed by atoms with E-state index in [9.17, 15) is 0 Å². The Morgan fingerprint density at radius 1 is 0.786 bits per heavy atom. The molecule has 0 aliphatic heterocycles. The Morgan fingerprint density at radius 2 is 1.43 bits per heavy atom. The first-order valence-electron chi connectivity index (χ1n) is 6.26. The van der Waals surface area contributed by atoms with Crippen molar-refractivity contribution in [3.63, 3.8) is 0 Å². The molecule has 0 spiro atoms. The first kappa shape index (κ1) is 14.4. The van der Waals surface area contributed by atoms with Crippen LogP contribution in [-0.4, -0.2) is 12.8 Å². The van der Waals surface area contributed by atoms with E-state index in [-0.39, 0.29) is 0 Å². The summed E-state index contributed by atoms with van der Waals surface area (Å²) in [5.41, 5.74) is 0. The zero-order chi connectivity index (χ0) is 10.5. The third kappa shape index (κ3) is 12.4. The van der Waals surface area contributed by atoms with E-state index in [1.165, 1.54) is 57.5 Å². The largest absolute Gasteiger partial charge is 0.362 e. The van der Waals surface area contributed by atoms with E-state index in [0.717, 1.165) is 15.4 Å². The van der Waals surface area contributed by atoms with Crippen molar-refractivity contribution in [2.45, 2.75) is 65.2 Å². The highest BCUT2D eigenvalue weighted by Gasteiger charge is 1.91. The van der Waals surface area contributed by atoms with Gasteiger partial charge in [-0.3, -0.25) is 0 Å². The molecule has 0 aromatic carbocycles. The van der Waals surface area contributed by atoms with Gasteiger partial charge in [0, 0.05) is 8.81 Å². The molecule has 0 saturated carbocycles. The van der Waals surface area contributed by atoms with Gasteiger partial charge in [-0.05, 0) is 19.0 Å². The van der Waals surface area contributed by atoms with Crippen LogP contribution in [-0.2, 0) is 4.52 Å². The van der Waals surface area contributed by atoms with Crippen LogP contribution in [0.15, 0.2) is 0 Å². The molecular weight excluding hydrogens is 191 g/mol. The van der Waals surface area contributed by atoms with E-state index in [0.29, 0.717) is 0 Å². The summed E-state index contributed by atoms with van der Waals surface area (Å²) in [4.78, 5) is 0. The van der Waals surface area contributed by atoms with Crippen LogP contribution in [0.5, 0.6) is 0 Å². The first-order valence-corrected chi connectivity index (χ1v) is 7.38. The smallest absolute Gasteiger partial charge is 0.0505 e. The maximum absolute atomic E-state index is 5.59. The minimum absolute atomic E-state index is 0.755. The Balaban J connectivity index is 2.78. The molecule has 0 rings (SSSR count). The molecule has 14 heavy (non-hydrogen) atoms. The Hall–Kier alpha value is 0.390. The van der Waals surface area contributed by atoms with Gasteiger partial charge in [-0.15, -0.1) is 0 Å². The number of rotatable bonds is 11. The van der Waals surface area contributed by atoms with Crippen molar-refractivity contribution in [3.05, 3.63) is 0 Å². The predicted octanol–water partition coefficient (Wildman–Crippen LogP) is 4.76. The summed E-state index contributed by atoms with van der Waals surface area (Å²) in [6.45, 7) is 5.50. The van der Waals surface area contributed by atoms with Crippen molar-refractivity contribution in [1.82, 2.24) is 0 Å². The Bertz CT molecular complexity index is 84.3. The van der Waals surface area contributed by atoms with E-state index in [4.69, 9.17) is 4.52 Å². The molecule has 0 amide bonds. The Morgan fingerprint density at radius 3 is 2.07 bits per heavy atom. The van der Waals surface area contributed by atoms with Crippen LogP contribution in [0.3, 0.4) is 0 Å². The van der Waals surface area contributed by atoms with Crippen LogP contribution < -0.4 is 0 Å². The van der Waals surface area contributed by atoms with Crippen LogP contribution in [0.2, 0.25) is 0 Å². The topological polar surface area (TPSA) is 9.23 Å². The lowest BCUT2D eigenvalue weighted by molar-refractivity contribution is 0.345. The van der Waals surface area contributed by atoms with Gasteiger partial charge < -0.3 is 4.52 Å². The normalized spacial score (nSPS) is 11.6. The summed E-state index contributed by atoms with van der Waals surface area (Å²) in [7, 11) is 0.755. The highest BCUT2D eigenvalue weighted by Crippen LogP contribution is 2.16. The molecule has 0 aromatic heterocycles. The van der Waals surface area contributed by atoms with Crippen LogP contribution in [0.1, 0.15) is 65.2 Å². The van der Waals surface area contributed by atoms with E-state index in [1.807, 2.05) is 0 Å². The molecule has 0 aliphatic carbocycles. The number of unbranched alkanes of at least 4 members (excludes halogenated alkanes) is 6. The molecule has 0 saturated heterocycles. The minimum Gasteiger partial charge on any atom is -0.362 e. The number of hydrogen-bond acceptors (Lipinski definition) is 1. The molecule has 0 radical (unpaired) electrons. The standard InChI is InChI=1S/C12H27OP/c1-3-5-7-9-11-13-14-12-10-8-6-4-2/h14H,3-12H2,1-2H3. The molecular formula is C12H27OP. The zero-order valence-electron chi connectivity index (χ0n) is 9.98. The maximum atomic E-state index is 5.59. The highest BCUT2D eigenvalue weighted by molar-refractivity contribution is 7.32. The van der Waals surface area contributed by atoms with Crippen molar-refractivity contribution in [2.24, 2.45) is 0 Å². The Labute approximate surface area is 91.9 Å². The van der Waals surface area contributed by atoms with Gasteiger partial charge in [0.2, 0.25) is 0 Å². The second-order valence-electron chi connectivity index (χ2n) is 3.86. The fourth-order valence-corrected chi connectivity index (χ4v) is 2.20. The molecule has 1 nitrogen and oxygen atoms in total. The summed E-state index contributed by atoms with van der Waals surface area (Å²) >= 11 is 0. The quantitative estimate of drug-likeness (QED) is 0.359. The van der Waals surface area contributed by atoms with E-state index < -0.39 is 0 Å². The monoisotopic (exact) mass is 218 g/mol. The predicted molar refractivity (Wildman–Crippen MR) is 67.4 cm³/mol. The van der Waals surface area contributed by atoms with Crippen LogP contribution in [0.4, 0.5) is 0 Å². The summed E-state index contributed by atoms with van der Waals surface area (Å²) in [5.74, 6) is 0. The molecule has 1 atom stereocenters. The SMILES string of the molecule is CCCCCCOPCCCCCC. The van der Waals surface area contributed by atoms with Crippen molar-refractivity contribution in [2.75, 3.05) is 12.8 Å². The molecule has 1 unspecified atom stereocenters. The van der Waals surface area contributed by atoms with Crippen LogP contribution in [0, 0.1) is 0 Å². The molecule has 0 aliphatic rings. The second kappa shape index (κ2) is 13.4. The van der Waals surface area contributed by atoms with Gasteiger partial charge in [-0.25, -0.2) is 0 Å². The lowest BCUT2D eigenvalue weighted by Crippen LogP contribution is -1.87. The number of hydrogen-bond donors (Lipinski definition) is 0. The highest BCUT2D eigenvalue weighted by atomic mass is 31.1. The van der Waals surface area contributed by atoms with Crippen molar-refractivity contribution in [3.8, 4) is 0 Å². The van der Waals surface area contributed by atoms with Gasteiger partial charge in [0.05, 0.1) is 6.61 Å². The lowest BCUT2D eigenvalue weighted by atomic mass is 10.2. The summed E-state index contributed by atoms with van der Waals surface area (Å²) in [6.07, 6.45) is 12.1. The Kier molecular flexibility index (Phi) is 13.8. The molecule has 86 valence electrons. The van der Waals surface area contributed by atoms with Crippen molar-refractivity contribution < 1.29 is 4.52 Å². The average Bonchev–Trinajstić information content (AvgIpc) is 2.21. The van der Waals surface area contributed by atoms with Gasteiger partial charge >= 0.3 is 0 Å². The van der Waals surface area contributed by atoms with Crippen LogP contribution >= 0.6 is 8.81 Å². The zero-order valence-corrected chi connectivity index (χ0v) is 11.0. The average molecular weight is 218 g/mol. The first-order chi connectivity index (χ1) is 6.91. The van der Waals surface area contributed by atoms with Gasteiger partial charge in [0.15, 0.2) is 0 Å². The molecule has 0 aromatic rings. The van der Waals surface area contributed by atoms with Gasteiger partial charge in [0.25, 0.3) is 0 Å². The van der Waals surface area contributed by atoms with Gasteiger partial charge in [-0.2, -0.15) is 0 Å². The summed E-state index contributed by atoms with van der Waals surface area (Å²) in [6, 6.07) is 0. The van der Waals surface area contributed by atoms with Crippen molar-refractivity contribution >= 4 is 8.81 Å². The van der Waals surface area contributed by atoms with E-state index >= 15 is 0 Å². The van der Waals surface area contributed by atoms with Gasteiger partial charge in [-0.1, -0.05) is 52.4 Å². The summed E-state index contributed by atoms with van der Waals surface area (Å²) < 4.78 is 5.59. The fourth-order valence-electron chi connectivity index (χ4n) is 1.37. The van der Waals surface area contributed by atoms with E-state index in [2.05, 4.69) is 13.8 Å². The van der Waals surface area contributed by atoms with Gasteiger partial charge in [0.1, 0.15) is 0 Å². The molecule has 0 bridgehead atoms. The summed E-state index contributed by atoms with van der Waals surface area (Å²) in [5, 5.41) is 0. The third-order valence-electron chi connectivity index (χ3n) is 2.33. The lowest BCUT2D eigenvalue weighted by Gasteiger charge is -2.03. The third-order valence-corrected chi connectivity index (χ3v) is 3.30. The molecule has 2 heteroatoms.